The highest BCUT2D eigenvalue weighted by Crippen LogP contribution is 2.09. The number of carbonyl (C=O) groups is 3. The molecule has 0 aliphatic carbocycles. The summed E-state index contributed by atoms with van der Waals surface area (Å²) in [4.78, 5) is 32.2. The largest absolute Gasteiger partial charge is 0.478 e. The highest BCUT2D eigenvalue weighted by atomic mass is 16.4. The highest BCUT2D eigenvalue weighted by molar-refractivity contribution is 6.30. The Balaban J connectivity index is 5.30. The minimum atomic E-state index is -3.08. The third-order valence-electron chi connectivity index (χ3n) is 1.39. The summed E-state index contributed by atoms with van der Waals surface area (Å²) >= 11 is 0. The first kappa shape index (κ1) is 11.2. The normalized spacial score (nSPS) is 10.2. The summed E-state index contributed by atoms with van der Waals surface area (Å²) in [5.41, 5.74) is -3.08. The molecule has 0 aliphatic rings. The Morgan fingerprint density at radius 1 is 1.08 bits per heavy atom. The molecule has 0 radical (unpaired) electrons. The van der Waals surface area contributed by atoms with Gasteiger partial charge in [0.2, 0.25) is 11.6 Å². The summed E-state index contributed by atoms with van der Waals surface area (Å²) in [5.74, 6) is -4.52. The van der Waals surface area contributed by atoms with Crippen molar-refractivity contribution in [3.05, 3.63) is 25.3 Å². The molecule has 13 heavy (non-hydrogen) atoms. The maximum atomic E-state index is 10.9. The molecule has 70 valence electrons. The molecule has 0 heterocycles. The molecule has 0 spiro atoms. The monoisotopic (exact) mass is 184 g/mol. The van der Waals surface area contributed by atoms with Crippen LogP contribution in [0.3, 0.4) is 0 Å². The Hall–Kier alpha value is -1.75. The van der Waals surface area contributed by atoms with E-state index < -0.39 is 23.1 Å². The van der Waals surface area contributed by atoms with Gasteiger partial charge in [0.15, 0.2) is 0 Å². The third-order valence-corrected chi connectivity index (χ3v) is 1.39. The van der Waals surface area contributed by atoms with Crippen LogP contribution >= 0.6 is 0 Å². The number of aliphatic hydroxyl groups is 1. The van der Waals surface area contributed by atoms with E-state index in [0.29, 0.717) is 12.2 Å². The van der Waals surface area contributed by atoms with Gasteiger partial charge < -0.3 is 10.2 Å². The van der Waals surface area contributed by atoms with Gasteiger partial charge in [-0.25, -0.2) is 4.79 Å². The van der Waals surface area contributed by atoms with Crippen molar-refractivity contribution in [2.45, 2.75) is 5.60 Å². The maximum Gasteiger partial charge on any atom is 0.352 e. The summed E-state index contributed by atoms with van der Waals surface area (Å²) in [6, 6.07) is 0. The number of rotatable bonds is 5. The van der Waals surface area contributed by atoms with Crippen LogP contribution in [0.15, 0.2) is 25.3 Å². The SMILES string of the molecule is C=CC(=O)C(O)(C(=O)O)C(=O)C=C. The van der Waals surface area contributed by atoms with Gasteiger partial charge in [-0.15, -0.1) is 0 Å². The summed E-state index contributed by atoms with van der Waals surface area (Å²) in [6.07, 6.45) is 1.13. The molecule has 0 rings (SSSR count). The molecule has 5 heteroatoms. The minimum absolute atomic E-state index is 0.565. The molecule has 0 fully saturated rings. The number of hydrogen-bond acceptors (Lipinski definition) is 4. The standard InChI is InChI=1S/C8H8O5/c1-3-5(9)8(13,7(11)12)6(10)4-2/h3-4,13H,1-2H2,(H,11,12). The molecular formula is C8H8O5. The zero-order valence-electron chi connectivity index (χ0n) is 6.69. The highest BCUT2D eigenvalue weighted by Gasteiger charge is 2.48. The average molecular weight is 184 g/mol. The van der Waals surface area contributed by atoms with Crippen molar-refractivity contribution in [1.29, 1.82) is 0 Å². The van der Waals surface area contributed by atoms with Crippen LogP contribution in [0.1, 0.15) is 0 Å². The van der Waals surface area contributed by atoms with Gasteiger partial charge >= 0.3 is 5.97 Å². The number of hydrogen-bond donors (Lipinski definition) is 2. The molecular weight excluding hydrogens is 176 g/mol. The van der Waals surface area contributed by atoms with Crippen LogP contribution in [0.5, 0.6) is 0 Å². The van der Waals surface area contributed by atoms with E-state index in [9.17, 15) is 19.5 Å². The molecule has 0 saturated heterocycles. The van der Waals surface area contributed by atoms with Crippen molar-refractivity contribution in [2.75, 3.05) is 0 Å². The lowest BCUT2D eigenvalue weighted by atomic mass is 9.93. The van der Waals surface area contributed by atoms with E-state index in [1.54, 1.807) is 0 Å². The van der Waals surface area contributed by atoms with E-state index in [1.807, 2.05) is 0 Å². The molecule has 0 aromatic heterocycles. The zero-order valence-corrected chi connectivity index (χ0v) is 6.69. The Morgan fingerprint density at radius 2 is 1.38 bits per heavy atom. The molecule has 0 aromatic carbocycles. The average Bonchev–Trinajstić information content (AvgIpc) is 2.13. The fraction of sp³-hybridized carbons (Fsp3) is 0.125. The van der Waals surface area contributed by atoms with Gasteiger partial charge in [-0.1, -0.05) is 13.2 Å². The molecule has 0 aliphatic heterocycles. The second-order valence-corrected chi connectivity index (χ2v) is 2.15. The Bertz CT molecular complexity index is 269. The smallest absolute Gasteiger partial charge is 0.352 e. The zero-order chi connectivity index (χ0) is 10.6. The van der Waals surface area contributed by atoms with E-state index >= 15 is 0 Å². The van der Waals surface area contributed by atoms with Crippen LogP contribution in [0.25, 0.3) is 0 Å². The van der Waals surface area contributed by atoms with Crippen molar-refractivity contribution in [3.8, 4) is 0 Å². The van der Waals surface area contributed by atoms with Crippen molar-refractivity contribution < 1.29 is 24.6 Å². The van der Waals surface area contributed by atoms with E-state index in [0.717, 1.165) is 0 Å². The van der Waals surface area contributed by atoms with Gasteiger partial charge in [0.1, 0.15) is 0 Å². The summed E-state index contributed by atoms with van der Waals surface area (Å²) < 4.78 is 0. The summed E-state index contributed by atoms with van der Waals surface area (Å²) in [5, 5.41) is 17.6. The van der Waals surface area contributed by atoms with Crippen LogP contribution in [0, 0.1) is 0 Å². The fourth-order valence-electron chi connectivity index (χ4n) is 0.628. The molecule has 0 aromatic rings. The maximum absolute atomic E-state index is 10.9. The summed E-state index contributed by atoms with van der Waals surface area (Å²) in [7, 11) is 0. The molecule has 0 atom stereocenters. The van der Waals surface area contributed by atoms with Crippen molar-refractivity contribution in [1.82, 2.24) is 0 Å². The lowest BCUT2D eigenvalue weighted by molar-refractivity contribution is -0.166. The van der Waals surface area contributed by atoms with Crippen LogP contribution in [-0.2, 0) is 14.4 Å². The lowest BCUT2D eigenvalue weighted by Gasteiger charge is -2.15. The fourth-order valence-corrected chi connectivity index (χ4v) is 0.628. The van der Waals surface area contributed by atoms with Gasteiger partial charge in [-0.05, 0) is 12.2 Å². The second-order valence-electron chi connectivity index (χ2n) is 2.15. The Morgan fingerprint density at radius 3 is 1.54 bits per heavy atom. The number of aliphatic carboxylic acids is 1. The van der Waals surface area contributed by atoms with Crippen LogP contribution in [0.4, 0.5) is 0 Å². The van der Waals surface area contributed by atoms with E-state index in [-0.39, 0.29) is 0 Å². The van der Waals surface area contributed by atoms with Crippen molar-refractivity contribution in [3.63, 3.8) is 0 Å². The number of carbonyl (C=O) groups excluding carboxylic acids is 2. The second kappa shape index (κ2) is 3.77. The van der Waals surface area contributed by atoms with Crippen LogP contribution in [-0.4, -0.2) is 33.3 Å². The minimum Gasteiger partial charge on any atom is -0.478 e. The van der Waals surface area contributed by atoms with E-state index in [4.69, 9.17) is 5.11 Å². The quantitative estimate of drug-likeness (QED) is 0.436. The van der Waals surface area contributed by atoms with Crippen LogP contribution in [0.2, 0.25) is 0 Å². The Kier molecular flexibility index (Phi) is 3.26. The first-order chi connectivity index (χ1) is 5.91. The molecule has 2 N–H and O–H groups in total. The summed E-state index contributed by atoms with van der Waals surface area (Å²) in [6.45, 7) is 5.93. The van der Waals surface area contributed by atoms with Gasteiger partial charge in [-0.2, -0.15) is 0 Å². The van der Waals surface area contributed by atoms with Gasteiger partial charge in [0.25, 0.3) is 5.60 Å². The molecule has 0 bridgehead atoms. The number of carboxylic acids is 1. The van der Waals surface area contributed by atoms with Crippen molar-refractivity contribution >= 4 is 17.5 Å². The molecule has 0 saturated carbocycles. The number of carboxylic acid groups (broad SMARTS) is 1. The predicted molar refractivity (Wildman–Crippen MR) is 43.0 cm³/mol. The first-order valence-corrected chi connectivity index (χ1v) is 3.20. The van der Waals surface area contributed by atoms with Gasteiger partial charge in [0, 0.05) is 0 Å². The van der Waals surface area contributed by atoms with Crippen LogP contribution < -0.4 is 0 Å². The third kappa shape index (κ3) is 1.70. The van der Waals surface area contributed by atoms with E-state index in [1.165, 1.54) is 0 Å². The molecule has 5 nitrogen and oxygen atoms in total. The first-order valence-electron chi connectivity index (χ1n) is 3.20. The van der Waals surface area contributed by atoms with Gasteiger partial charge in [-0.3, -0.25) is 9.59 Å². The lowest BCUT2D eigenvalue weighted by Crippen LogP contribution is -2.52. The molecule has 0 unspecified atom stereocenters. The predicted octanol–water partition coefficient (Wildman–Crippen LogP) is -0.688. The van der Waals surface area contributed by atoms with E-state index in [2.05, 4.69) is 13.2 Å². The Labute approximate surface area is 74.0 Å². The van der Waals surface area contributed by atoms with Crippen molar-refractivity contribution in [2.24, 2.45) is 0 Å². The van der Waals surface area contributed by atoms with Gasteiger partial charge in [0.05, 0.1) is 0 Å². The number of ketones is 2. The topological polar surface area (TPSA) is 91.7 Å². The molecule has 0 amide bonds.